The zero-order valence-corrected chi connectivity index (χ0v) is 10.4. The van der Waals surface area contributed by atoms with Gasteiger partial charge in [0, 0.05) is 13.1 Å². The van der Waals surface area contributed by atoms with Crippen LogP contribution in [0.5, 0.6) is 0 Å². The number of rotatable bonds is 4. The molecule has 0 aliphatic rings. The maximum atomic E-state index is 3.52. The van der Waals surface area contributed by atoms with Crippen molar-refractivity contribution in [1.82, 2.24) is 5.32 Å². The van der Waals surface area contributed by atoms with Crippen molar-refractivity contribution in [2.45, 2.75) is 33.6 Å². The second kappa shape index (κ2) is 5.32. The number of hydrogen-bond acceptors (Lipinski definition) is 1. The van der Waals surface area contributed by atoms with Crippen molar-refractivity contribution >= 4 is 0 Å². The van der Waals surface area contributed by atoms with E-state index in [1.807, 2.05) is 0 Å². The Morgan fingerprint density at radius 1 is 1.13 bits per heavy atom. The molecule has 1 unspecified atom stereocenters. The quantitative estimate of drug-likeness (QED) is 0.794. The fourth-order valence-electron chi connectivity index (χ4n) is 1.56. The molecule has 0 radical (unpaired) electrons. The monoisotopic (exact) mass is 205 g/mol. The fourth-order valence-corrected chi connectivity index (χ4v) is 1.56. The molecule has 0 bridgehead atoms. The molecule has 0 aliphatic heterocycles. The van der Waals surface area contributed by atoms with Crippen LogP contribution in [0.4, 0.5) is 0 Å². The summed E-state index contributed by atoms with van der Waals surface area (Å²) in [5, 5.41) is 3.52. The van der Waals surface area contributed by atoms with Gasteiger partial charge in [-0.3, -0.25) is 0 Å². The third-order valence-electron chi connectivity index (χ3n) is 2.47. The van der Waals surface area contributed by atoms with E-state index in [2.05, 4.69) is 63.3 Å². The van der Waals surface area contributed by atoms with E-state index in [0.717, 1.165) is 13.1 Å². The molecule has 0 spiro atoms. The van der Waals surface area contributed by atoms with Crippen molar-refractivity contribution in [3.8, 4) is 0 Å². The summed E-state index contributed by atoms with van der Waals surface area (Å²) in [4.78, 5) is 0. The molecule has 0 aliphatic carbocycles. The molecule has 1 aromatic rings. The van der Waals surface area contributed by atoms with E-state index in [4.69, 9.17) is 0 Å². The fraction of sp³-hybridized carbons (Fsp3) is 0.571. The highest BCUT2D eigenvalue weighted by atomic mass is 14.9. The zero-order chi connectivity index (χ0) is 11.3. The molecular weight excluding hydrogens is 182 g/mol. The molecule has 0 heterocycles. The summed E-state index contributed by atoms with van der Waals surface area (Å²) < 4.78 is 0. The molecule has 0 saturated carbocycles. The first-order chi connectivity index (χ1) is 6.99. The molecule has 15 heavy (non-hydrogen) atoms. The molecule has 1 heteroatoms. The Hall–Kier alpha value is -0.820. The minimum absolute atomic E-state index is 0.371. The average Bonchev–Trinajstić information content (AvgIpc) is 2.17. The van der Waals surface area contributed by atoms with Crippen LogP contribution in [0, 0.1) is 5.41 Å². The topological polar surface area (TPSA) is 12.0 Å². The Kier molecular flexibility index (Phi) is 4.34. The van der Waals surface area contributed by atoms with Gasteiger partial charge >= 0.3 is 0 Å². The Bertz CT molecular complexity index is 271. The first kappa shape index (κ1) is 12.3. The van der Waals surface area contributed by atoms with Gasteiger partial charge in [-0.25, -0.2) is 0 Å². The van der Waals surface area contributed by atoms with Crippen LogP contribution in [0.15, 0.2) is 30.3 Å². The van der Waals surface area contributed by atoms with Crippen molar-refractivity contribution < 1.29 is 0 Å². The average molecular weight is 205 g/mol. The highest BCUT2D eigenvalue weighted by Crippen LogP contribution is 2.15. The number of hydrogen-bond donors (Lipinski definition) is 1. The highest BCUT2D eigenvalue weighted by Gasteiger charge is 2.10. The summed E-state index contributed by atoms with van der Waals surface area (Å²) in [6, 6.07) is 10.7. The third kappa shape index (κ3) is 4.98. The van der Waals surface area contributed by atoms with Gasteiger partial charge in [-0.1, -0.05) is 58.0 Å². The maximum Gasteiger partial charge on any atom is 0.00177 e. The largest absolute Gasteiger partial charge is 0.316 e. The second-order valence-electron chi connectivity index (χ2n) is 5.50. The lowest BCUT2D eigenvalue weighted by Crippen LogP contribution is -2.29. The van der Waals surface area contributed by atoms with Gasteiger partial charge in [0.2, 0.25) is 0 Å². The normalized spacial score (nSPS) is 13.9. The van der Waals surface area contributed by atoms with E-state index in [1.54, 1.807) is 0 Å². The predicted molar refractivity (Wildman–Crippen MR) is 67.2 cm³/mol. The van der Waals surface area contributed by atoms with E-state index in [0.29, 0.717) is 11.3 Å². The molecule has 84 valence electrons. The predicted octanol–water partition coefficient (Wildman–Crippen LogP) is 3.43. The van der Waals surface area contributed by atoms with E-state index in [-0.39, 0.29) is 0 Å². The van der Waals surface area contributed by atoms with Crippen LogP contribution in [-0.2, 0) is 0 Å². The first-order valence-electron chi connectivity index (χ1n) is 5.75. The number of nitrogens with one attached hydrogen (secondary N) is 1. The van der Waals surface area contributed by atoms with Gasteiger partial charge in [0.1, 0.15) is 0 Å². The SMILES string of the molecule is CC(CNCC(C)(C)C)c1ccccc1. The lowest BCUT2D eigenvalue weighted by molar-refractivity contribution is 0.375. The van der Waals surface area contributed by atoms with E-state index in [9.17, 15) is 0 Å². The van der Waals surface area contributed by atoms with Crippen LogP contribution in [0.25, 0.3) is 0 Å². The molecule has 0 aromatic heterocycles. The molecule has 0 saturated heterocycles. The highest BCUT2D eigenvalue weighted by molar-refractivity contribution is 5.18. The molecule has 1 aromatic carbocycles. The maximum absolute atomic E-state index is 3.52. The molecule has 1 atom stereocenters. The van der Waals surface area contributed by atoms with Crippen molar-refractivity contribution in [2.24, 2.45) is 5.41 Å². The second-order valence-corrected chi connectivity index (χ2v) is 5.50. The van der Waals surface area contributed by atoms with Crippen molar-refractivity contribution in [2.75, 3.05) is 13.1 Å². The van der Waals surface area contributed by atoms with Gasteiger partial charge < -0.3 is 5.32 Å². The molecule has 0 amide bonds. The van der Waals surface area contributed by atoms with E-state index in [1.165, 1.54) is 5.56 Å². The molecule has 0 fully saturated rings. The van der Waals surface area contributed by atoms with E-state index >= 15 is 0 Å². The smallest absolute Gasteiger partial charge is 0.00177 e. The van der Waals surface area contributed by atoms with Gasteiger partial charge in [0.15, 0.2) is 0 Å². The third-order valence-corrected chi connectivity index (χ3v) is 2.47. The van der Waals surface area contributed by atoms with Crippen LogP contribution in [0.1, 0.15) is 39.2 Å². The Morgan fingerprint density at radius 2 is 1.73 bits per heavy atom. The minimum Gasteiger partial charge on any atom is -0.316 e. The van der Waals surface area contributed by atoms with Crippen molar-refractivity contribution in [3.63, 3.8) is 0 Å². The van der Waals surface area contributed by atoms with Crippen LogP contribution < -0.4 is 5.32 Å². The molecule has 1 nitrogen and oxygen atoms in total. The van der Waals surface area contributed by atoms with Crippen LogP contribution in [0.2, 0.25) is 0 Å². The summed E-state index contributed by atoms with van der Waals surface area (Å²) in [6.07, 6.45) is 0. The minimum atomic E-state index is 0.371. The Labute approximate surface area is 93.9 Å². The van der Waals surface area contributed by atoms with E-state index < -0.39 is 0 Å². The first-order valence-corrected chi connectivity index (χ1v) is 5.75. The molecule has 1 N–H and O–H groups in total. The van der Waals surface area contributed by atoms with Crippen LogP contribution in [0.3, 0.4) is 0 Å². The molecule has 1 rings (SSSR count). The summed E-state index contributed by atoms with van der Waals surface area (Å²) in [5.74, 6) is 0.591. The van der Waals surface area contributed by atoms with Gasteiger partial charge in [-0.2, -0.15) is 0 Å². The summed E-state index contributed by atoms with van der Waals surface area (Å²) in [5.41, 5.74) is 1.79. The number of benzene rings is 1. The lowest BCUT2D eigenvalue weighted by atomic mass is 9.96. The van der Waals surface area contributed by atoms with Gasteiger partial charge in [0.05, 0.1) is 0 Å². The lowest BCUT2D eigenvalue weighted by Gasteiger charge is -2.21. The molecular formula is C14H23N. The van der Waals surface area contributed by atoms with Crippen LogP contribution >= 0.6 is 0 Å². The standard InChI is InChI=1S/C14H23N/c1-12(10-15-11-14(2,3)4)13-8-6-5-7-9-13/h5-9,12,15H,10-11H2,1-4H3. The Balaban J connectivity index is 2.34. The summed E-state index contributed by atoms with van der Waals surface area (Å²) in [7, 11) is 0. The van der Waals surface area contributed by atoms with Gasteiger partial charge in [0.25, 0.3) is 0 Å². The zero-order valence-electron chi connectivity index (χ0n) is 10.4. The summed E-state index contributed by atoms with van der Waals surface area (Å²) in [6.45, 7) is 11.2. The Morgan fingerprint density at radius 3 is 2.27 bits per heavy atom. The van der Waals surface area contributed by atoms with Gasteiger partial charge in [-0.15, -0.1) is 0 Å². The van der Waals surface area contributed by atoms with Crippen molar-refractivity contribution in [1.29, 1.82) is 0 Å². The summed E-state index contributed by atoms with van der Waals surface area (Å²) >= 11 is 0. The van der Waals surface area contributed by atoms with Gasteiger partial charge in [-0.05, 0) is 16.9 Å². The van der Waals surface area contributed by atoms with Crippen molar-refractivity contribution in [3.05, 3.63) is 35.9 Å². The van der Waals surface area contributed by atoms with Crippen LogP contribution in [-0.4, -0.2) is 13.1 Å².